The number of aliphatic carboxylic acids is 1. The molecule has 1 amide bonds. The zero-order chi connectivity index (χ0) is 15.3. The molecule has 0 spiro atoms. The maximum atomic E-state index is 11.6. The van der Waals surface area contributed by atoms with Gasteiger partial charge in [-0.05, 0) is 32.9 Å². The van der Waals surface area contributed by atoms with Crippen LogP contribution in [0.1, 0.15) is 26.5 Å². The molecule has 0 saturated heterocycles. The minimum Gasteiger partial charge on any atom is -0.480 e. The summed E-state index contributed by atoms with van der Waals surface area (Å²) in [6.45, 7) is 5.09. The van der Waals surface area contributed by atoms with Crippen molar-refractivity contribution in [3.8, 4) is 0 Å². The molecule has 0 fully saturated rings. The molecule has 0 radical (unpaired) electrons. The van der Waals surface area contributed by atoms with Crippen molar-refractivity contribution >= 4 is 17.9 Å². The number of alkyl carbamates (subject to hydrolysis) is 1. The van der Waals surface area contributed by atoms with Crippen LogP contribution in [-0.4, -0.2) is 33.8 Å². The number of nitrogens with zero attached hydrogens (tertiary/aromatic N) is 1. The number of anilines is 1. The highest BCUT2D eigenvalue weighted by Gasteiger charge is 2.24. The molecule has 0 aliphatic carbocycles. The van der Waals surface area contributed by atoms with E-state index in [0.29, 0.717) is 11.5 Å². The second-order valence-corrected chi connectivity index (χ2v) is 5.29. The summed E-state index contributed by atoms with van der Waals surface area (Å²) in [4.78, 5) is 26.7. The first-order chi connectivity index (χ1) is 9.17. The summed E-state index contributed by atoms with van der Waals surface area (Å²) >= 11 is 0. The predicted molar refractivity (Wildman–Crippen MR) is 73.1 cm³/mol. The lowest BCUT2D eigenvalue weighted by molar-refractivity contribution is -0.139. The fourth-order valence-electron chi connectivity index (χ4n) is 1.47. The zero-order valence-electron chi connectivity index (χ0n) is 11.7. The lowest BCUT2D eigenvalue weighted by Gasteiger charge is -2.21. The molecular weight excluding hydrogens is 262 g/mol. The normalized spacial score (nSPS) is 12.6. The molecule has 1 aromatic rings. The van der Waals surface area contributed by atoms with Gasteiger partial charge in [0.05, 0.1) is 0 Å². The molecule has 110 valence electrons. The molecular formula is C13H19N3O4. The van der Waals surface area contributed by atoms with Crippen molar-refractivity contribution in [2.45, 2.75) is 38.8 Å². The number of carboxylic acid groups (broad SMARTS) is 1. The highest BCUT2D eigenvalue weighted by molar-refractivity contribution is 5.80. The molecule has 20 heavy (non-hydrogen) atoms. The number of ether oxygens (including phenoxy) is 1. The van der Waals surface area contributed by atoms with Crippen molar-refractivity contribution in [1.82, 2.24) is 10.3 Å². The maximum Gasteiger partial charge on any atom is 0.408 e. The van der Waals surface area contributed by atoms with Crippen LogP contribution in [0.15, 0.2) is 18.2 Å². The van der Waals surface area contributed by atoms with Gasteiger partial charge in [0.25, 0.3) is 0 Å². The number of pyridine rings is 1. The molecule has 1 aromatic heterocycles. The molecule has 0 aromatic carbocycles. The van der Waals surface area contributed by atoms with E-state index in [1.54, 1.807) is 39.0 Å². The highest BCUT2D eigenvalue weighted by atomic mass is 16.6. The Kier molecular flexibility index (Phi) is 4.90. The van der Waals surface area contributed by atoms with Crippen molar-refractivity contribution < 1.29 is 19.4 Å². The smallest absolute Gasteiger partial charge is 0.408 e. The summed E-state index contributed by atoms with van der Waals surface area (Å²) in [6, 6.07) is 3.78. The quantitative estimate of drug-likeness (QED) is 0.763. The van der Waals surface area contributed by atoms with Crippen LogP contribution < -0.4 is 11.1 Å². The first-order valence-electron chi connectivity index (χ1n) is 6.11. The van der Waals surface area contributed by atoms with E-state index < -0.39 is 23.7 Å². The Morgan fingerprint density at radius 2 is 2.10 bits per heavy atom. The average molecular weight is 281 g/mol. The number of carbonyl (C=O) groups is 2. The average Bonchev–Trinajstić information content (AvgIpc) is 2.25. The van der Waals surface area contributed by atoms with Gasteiger partial charge in [0, 0.05) is 12.1 Å². The third-order valence-corrected chi connectivity index (χ3v) is 2.23. The van der Waals surface area contributed by atoms with E-state index in [2.05, 4.69) is 10.3 Å². The number of amides is 1. The minimum atomic E-state index is -1.17. The van der Waals surface area contributed by atoms with Crippen LogP contribution in [0.2, 0.25) is 0 Å². The van der Waals surface area contributed by atoms with Gasteiger partial charge in [-0.1, -0.05) is 6.07 Å². The number of aromatic nitrogens is 1. The van der Waals surface area contributed by atoms with Crippen LogP contribution in [0.4, 0.5) is 10.6 Å². The molecule has 1 rings (SSSR count). The Bertz CT molecular complexity index is 497. The van der Waals surface area contributed by atoms with Crippen LogP contribution in [-0.2, 0) is 16.0 Å². The van der Waals surface area contributed by atoms with Crippen LogP contribution in [0, 0.1) is 0 Å². The summed E-state index contributed by atoms with van der Waals surface area (Å²) in [7, 11) is 0. The van der Waals surface area contributed by atoms with Gasteiger partial charge >= 0.3 is 12.1 Å². The van der Waals surface area contributed by atoms with E-state index >= 15 is 0 Å². The molecule has 4 N–H and O–H groups in total. The van der Waals surface area contributed by atoms with E-state index in [4.69, 9.17) is 15.6 Å². The third-order valence-electron chi connectivity index (χ3n) is 2.23. The van der Waals surface area contributed by atoms with Gasteiger partial charge in [-0.25, -0.2) is 14.6 Å². The molecule has 7 heteroatoms. The van der Waals surface area contributed by atoms with E-state index in [9.17, 15) is 9.59 Å². The number of nitrogens with two attached hydrogens (primary N) is 1. The maximum absolute atomic E-state index is 11.6. The molecule has 1 unspecified atom stereocenters. The standard InChI is InChI=1S/C13H19N3O4/c1-13(2,3)20-12(19)16-9(11(17)18)7-8-5-4-6-10(14)15-8/h4-6,9H,7H2,1-3H3,(H2,14,15)(H,16,19)(H,17,18). The van der Waals surface area contributed by atoms with Crippen molar-refractivity contribution in [3.05, 3.63) is 23.9 Å². The van der Waals surface area contributed by atoms with Crippen molar-refractivity contribution in [1.29, 1.82) is 0 Å². The van der Waals surface area contributed by atoms with E-state index in [1.165, 1.54) is 0 Å². The molecule has 1 heterocycles. The number of rotatable bonds is 4. The molecule has 1 atom stereocenters. The van der Waals surface area contributed by atoms with E-state index in [1.807, 2.05) is 0 Å². The van der Waals surface area contributed by atoms with Crippen LogP contribution >= 0.6 is 0 Å². The topological polar surface area (TPSA) is 115 Å². The van der Waals surface area contributed by atoms with Crippen LogP contribution in [0.3, 0.4) is 0 Å². The number of hydrogen-bond acceptors (Lipinski definition) is 5. The van der Waals surface area contributed by atoms with Crippen molar-refractivity contribution in [2.24, 2.45) is 0 Å². The fourth-order valence-corrected chi connectivity index (χ4v) is 1.47. The SMILES string of the molecule is CC(C)(C)OC(=O)NC(Cc1cccc(N)n1)C(=O)O. The Labute approximate surface area is 117 Å². The molecule has 0 bridgehead atoms. The Hall–Kier alpha value is -2.31. The third kappa shape index (κ3) is 5.55. The van der Waals surface area contributed by atoms with E-state index in [0.717, 1.165) is 0 Å². The summed E-state index contributed by atoms with van der Waals surface area (Å²) in [5, 5.41) is 11.4. The number of hydrogen-bond donors (Lipinski definition) is 3. The van der Waals surface area contributed by atoms with Crippen LogP contribution in [0.5, 0.6) is 0 Å². The van der Waals surface area contributed by atoms with Gasteiger partial charge in [0.1, 0.15) is 17.5 Å². The van der Waals surface area contributed by atoms with Gasteiger partial charge in [0.2, 0.25) is 0 Å². The largest absolute Gasteiger partial charge is 0.480 e. The lowest BCUT2D eigenvalue weighted by atomic mass is 10.1. The van der Waals surface area contributed by atoms with Crippen molar-refractivity contribution in [2.75, 3.05) is 5.73 Å². The predicted octanol–water partition coefficient (Wildman–Crippen LogP) is 1.18. The second-order valence-electron chi connectivity index (χ2n) is 5.29. The van der Waals surface area contributed by atoms with Gasteiger partial charge in [-0.2, -0.15) is 0 Å². The monoisotopic (exact) mass is 281 g/mol. The molecule has 0 aliphatic rings. The summed E-state index contributed by atoms with van der Waals surface area (Å²) in [5.74, 6) is -0.871. The molecule has 0 saturated carbocycles. The molecule has 0 aliphatic heterocycles. The number of nitrogen functional groups attached to an aromatic ring is 1. The first kappa shape index (κ1) is 15.7. The zero-order valence-corrected chi connectivity index (χ0v) is 11.7. The Morgan fingerprint density at radius 3 is 2.60 bits per heavy atom. The summed E-state index contributed by atoms with van der Waals surface area (Å²) in [5.41, 5.74) is 5.31. The Balaban J connectivity index is 2.71. The second kappa shape index (κ2) is 6.23. The Morgan fingerprint density at radius 1 is 1.45 bits per heavy atom. The van der Waals surface area contributed by atoms with Crippen molar-refractivity contribution in [3.63, 3.8) is 0 Å². The van der Waals surface area contributed by atoms with Gasteiger partial charge < -0.3 is 20.9 Å². The highest BCUT2D eigenvalue weighted by Crippen LogP contribution is 2.08. The fraction of sp³-hybridized carbons (Fsp3) is 0.462. The van der Waals surface area contributed by atoms with Gasteiger partial charge in [-0.3, -0.25) is 0 Å². The number of nitrogens with one attached hydrogen (secondary N) is 1. The van der Waals surface area contributed by atoms with Crippen LogP contribution in [0.25, 0.3) is 0 Å². The number of carboxylic acids is 1. The van der Waals surface area contributed by atoms with Gasteiger partial charge in [0.15, 0.2) is 0 Å². The molecule has 7 nitrogen and oxygen atoms in total. The lowest BCUT2D eigenvalue weighted by Crippen LogP contribution is -2.44. The van der Waals surface area contributed by atoms with E-state index in [-0.39, 0.29) is 6.42 Å². The summed E-state index contributed by atoms with van der Waals surface area (Å²) < 4.78 is 5.02. The van der Waals surface area contributed by atoms with Gasteiger partial charge in [-0.15, -0.1) is 0 Å². The minimum absolute atomic E-state index is 0.0274. The summed E-state index contributed by atoms with van der Waals surface area (Å²) in [6.07, 6.45) is -0.756. The first-order valence-corrected chi connectivity index (χ1v) is 6.11. The number of carbonyl (C=O) groups excluding carboxylic acids is 1.